The van der Waals surface area contributed by atoms with E-state index in [1.807, 2.05) is 18.2 Å². The van der Waals surface area contributed by atoms with E-state index in [0.717, 1.165) is 21.6 Å². The molecule has 0 saturated carbocycles. The highest BCUT2D eigenvalue weighted by atomic mass is 32.1. The highest BCUT2D eigenvalue weighted by Gasteiger charge is 2.21. The highest BCUT2D eigenvalue weighted by molar-refractivity contribution is 7.10. The maximum absolute atomic E-state index is 12.5. The van der Waals surface area contributed by atoms with Gasteiger partial charge in [0.2, 0.25) is 17.6 Å². The summed E-state index contributed by atoms with van der Waals surface area (Å²) in [5.41, 5.74) is 13.7. The second-order valence-corrected chi connectivity index (χ2v) is 7.97. The first kappa shape index (κ1) is 24.8. The zero-order valence-corrected chi connectivity index (χ0v) is 20.0. The number of aromatic nitrogens is 1. The fourth-order valence-corrected chi connectivity index (χ4v) is 4.13. The van der Waals surface area contributed by atoms with E-state index in [9.17, 15) is 9.59 Å². The number of nitrogens with zero attached hydrogens (tertiary/aromatic N) is 1. The van der Waals surface area contributed by atoms with E-state index in [1.54, 1.807) is 39.7 Å². The number of carbonyl (C=O) groups excluding carboxylic acids is 2. The Morgan fingerprint density at radius 3 is 2.18 bits per heavy atom. The van der Waals surface area contributed by atoms with Crippen LogP contribution in [-0.4, -0.2) is 50.7 Å². The number of benzene rings is 2. The Bertz CT molecular complexity index is 1170. The number of ether oxygens (including phenoxy) is 4. The molecule has 1 aromatic heterocycles. The van der Waals surface area contributed by atoms with Crippen molar-refractivity contribution in [3.63, 3.8) is 0 Å². The molecule has 10 nitrogen and oxygen atoms in total. The first-order valence-corrected chi connectivity index (χ1v) is 10.9. The molecule has 3 rings (SSSR count). The number of primary amides is 1. The van der Waals surface area contributed by atoms with E-state index in [0.29, 0.717) is 28.7 Å². The van der Waals surface area contributed by atoms with Gasteiger partial charge in [-0.15, -0.1) is 0 Å². The standard InChI is InChI=1S/C23H26N4O6S/c1-30-17-6-5-12(7-16(17)27-23(29)15(24)10-20(25)28)14-11-26-34-22(14)13-8-18(31-2)21(33-4)19(9-13)32-3/h5-9,11,15H,10,24H2,1-4H3,(H2,25,28)(H,27,29). The molecular weight excluding hydrogens is 460 g/mol. The Labute approximate surface area is 200 Å². The number of carbonyl (C=O) groups is 2. The quantitative estimate of drug-likeness (QED) is 0.396. The van der Waals surface area contributed by atoms with Crippen molar-refractivity contribution < 1.29 is 28.5 Å². The lowest BCUT2D eigenvalue weighted by Gasteiger charge is -2.16. The molecule has 1 heterocycles. The van der Waals surface area contributed by atoms with Crippen molar-refractivity contribution in [1.29, 1.82) is 0 Å². The minimum absolute atomic E-state index is 0.270. The van der Waals surface area contributed by atoms with Crippen LogP contribution in [0.25, 0.3) is 21.6 Å². The van der Waals surface area contributed by atoms with Crippen LogP contribution in [0.3, 0.4) is 0 Å². The molecule has 0 fully saturated rings. The molecule has 34 heavy (non-hydrogen) atoms. The van der Waals surface area contributed by atoms with Gasteiger partial charge in [-0.05, 0) is 41.4 Å². The number of amides is 2. The number of rotatable bonds is 10. The van der Waals surface area contributed by atoms with Crippen molar-refractivity contribution in [3.8, 4) is 44.6 Å². The molecule has 0 aliphatic rings. The van der Waals surface area contributed by atoms with E-state index >= 15 is 0 Å². The normalized spacial score (nSPS) is 11.4. The number of nitrogens with one attached hydrogen (secondary N) is 1. The Hall–Kier alpha value is -3.83. The van der Waals surface area contributed by atoms with Gasteiger partial charge in [0.05, 0.1) is 51.5 Å². The summed E-state index contributed by atoms with van der Waals surface area (Å²) in [7, 11) is 6.13. The van der Waals surface area contributed by atoms with E-state index < -0.39 is 17.9 Å². The molecule has 1 unspecified atom stereocenters. The van der Waals surface area contributed by atoms with Crippen LogP contribution in [-0.2, 0) is 9.59 Å². The van der Waals surface area contributed by atoms with Gasteiger partial charge in [0.15, 0.2) is 11.5 Å². The lowest BCUT2D eigenvalue weighted by atomic mass is 10.0. The second-order valence-electron chi connectivity index (χ2n) is 7.16. The molecule has 3 aromatic rings. The van der Waals surface area contributed by atoms with Crippen molar-refractivity contribution >= 4 is 29.0 Å². The van der Waals surface area contributed by atoms with Gasteiger partial charge < -0.3 is 35.7 Å². The average Bonchev–Trinajstić information content (AvgIpc) is 3.32. The minimum atomic E-state index is -1.08. The summed E-state index contributed by atoms with van der Waals surface area (Å²) >= 11 is 1.30. The monoisotopic (exact) mass is 486 g/mol. The van der Waals surface area contributed by atoms with E-state index in [4.69, 9.17) is 30.4 Å². The van der Waals surface area contributed by atoms with Crippen molar-refractivity contribution in [2.24, 2.45) is 11.5 Å². The van der Waals surface area contributed by atoms with Crippen LogP contribution in [0.1, 0.15) is 6.42 Å². The van der Waals surface area contributed by atoms with Crippen molar-refractivity contribution in [3.05, 3.63) is 36.5 Å². The molecule has 0 radical (unpaired) electrons. The third kappa shape index (κ3) is 5.21. The molecule has 0 saturated heterocycles. The molecule has 2 aromatic carbocycles. The Balaban J connectivity index is 2.02. The fourth-order valence-electron chi connectivity index (χ4n) is 3.37. The number of nitrogens with two attached hydrogens (primary N) is 2. The molecule has 0 bridgehead atoms. The summed E-state index contributed by atoms with van der Waals surface area (Å²) in [5, 5.41) is 2.71. The summed E-state index contributed by atoms with van der Waals surface area (Å²) in [6.45, 7) is 0. The van der Waals surface area contributed by atoms with Crippen LogP contribution >= 0.6 is 11.5 Å². The van der Waals surface area contributed by atoms with E-state index in [1.165, 1.54) is 18.6 Å². The fraction of sp³-hybridized carbons (Fsp3) is 0.261. The largest absolute Gasteiger partial charge is 0.495 e. The molecule has 5 N–H and O–H groups in total. The summed E-state index contributed by atoms with van der Waals surface area (Å²) in [5.74, 6) is 0.734. The Morgan fingerprint density at radius 1 is 0.971 bits per heavy atom. The smallest absolute Gasteiger partial charge is 0.241 e. The minimum Gasteiger partial charge on any atom is -0.495 e. The number of hydrogen-bond donors (Lipinski definition) is 3. The summed E-state index contributed by atoms with van der Waals surface area (Å²) in [6, 6.07) is 7.92. The van der Waals surface area contributed by atoms with Gasteiger partial charge in [-0.3, -0.25) is 9.59 Å². The van der Waals surface area contributed by atoms with E-state index in [-0.39, 0.29) is 6.42 Å². The maximum Gasteiger partial charge on any atom is 0.241 e. The van der Waals surface area contributed by atoms with Crippen molar-refractivity contribution in [2.45, 2.75) is 12.5 Å². The highest BCUT2D eigenvalue weighted by Crippen LogP contribution is 2.45. The predicted molar refractivity (Wildman–Crippen MR) is 130 cm³/mol. The van der Waals surface area contributed by atoms with Gasteiger partial charge in [0.1, 0.15) is 5.75 Å². The first-order chi connectivity index (χ1) is 16.3. The first-order valence-electron chi connectivity index (χ1n) is 10.1. The third-order valence-electron chi connectivity index (χ3n) is 5.02. The van der Waals surface area contributed by atoms with Crippen LogP contribution in [0.5, 0.6) is 23.0 Å². The summed E-state index contributed by atoms with van der Waals surface area (Å²) in [6.07, 6.45) is 1.46. The topological polar surface area (TPSA) is 148 Å². The average molecular weight is 487 g/mol. The Kier molecular flexibility index (Phi) is 7.92. The van der Waals surface area contributed by atoms with Crippen LogP contribution in [0, 0.1) is 0 Å². The molecule has 2 amide bonds. The molecule has 11 heteroatoms. The van der Waals surface area contributed by atoms with Crippen molar-refractivity contribution in [1.82, 2.24) is 4.37 Å². The summed E-state index contributed by atoms with van der Waals surface area (Å²) < 4.78 is 26.1. The molecule has 180 valence electrons. The zero-order valence-electron chi connectivity index (χ0n) is 19.2. The van der Waals surface area contributed by atoms with Crippen LogP contribution in [0.4, 0.5) is 5.69 Å². The van der Waals surface area contributed by atoms with Gasteiger partial charge in [0.25, 0.3) is 0 Å². The molecule has 0 aliphatic heterocycles. The molecule has 0 aliphatic carbocycles. The van der Waals surface area contributed by atoms with Crippen molar-refractivity contribution in [2.75, 3.05) is 33.8 Å². The molecule has 1 atom stereocenters. The van der Waals surface area contributed by atoms with Crippen LogP contribution < -0.4 is 35.7 Å². The van der Waals surface area contributed by atoms with Gasteiger partial charge in [-0.25, -0.2) is 0 Å². The second kappa shape index (κ2) is 10.9. The van der Waals surface area contributed by atoms with Gasteiger partial charge >= 0.3 is 0 Å². The lowest BCUT2D eigenvalue weighted by Crippen LogP contribution is -2.39. The molecular formula is C23H26N4O6S. The van der Waals surface area contributed by atoms with Crippen LogP contribution in [0.2, 0.25) is 0 Å². The van der Waals surface area contributed by atoms with E-state index in [2.05, 4.69) is 9.69 Å². The third-order valence-corrected chi connectivity index (χ3v) is 5.87. The number of anilines is 1. The molecule has 0 spiro atoms. The lowest BCUT2D eigenvalue weighted by molar-refractivity contribution is -0.123. The predicted octanol–water partition coefficient (Wildman–Crippen LogP) is 2.65. The Morgan fingerprint density at radius 2 is 1.62 bits per heavy atom. The van der Waals surface area contributed by atoms with Gasteiger partial charge in [0, 0.05) is 17.3 Å². The number of methoxy groups -OCH3 is 4. The maximum atomic E-state index is 12.5. The van der Waals surface area contributed by atoms with Gasteiger partial charge in [-0.1, -0.05) is 6.07 Å². The van der Waals surface area contributed by atoms with Crippen LogP contribution in [0.15, 0.2) is 36.5 Å². The zero-order chi connectivity index (χ0) is 24.8. The number of hydrogen-bond acceptors (Lipinski definition) is 9. The summed E-state index contributed by atoms with van der Waals surface area (Å²) in [4.78, 5) is 24.4. The van der Waals surface area contributed by atoms with Gasteiger partial charge in [-0.2, -0.15) is 4.37 Å². The SMILES string of the molecule is COc1ccc(-c2cnsc2-c2cc(OC)c(OC)c(OC)c2)cc1NC(=O)C(N)CC(N)=O.